The number of nitrogens with zero attached hydrogens (tertiary/aromatic N) is 1. The summed E-state index contributed by atoms with van der Waals surface area (Å²) in [4.78, 5) is 25.8. The van der Waals surface area contributed by atoms with Gasteiger partial charge in [-0.05, 0) is 37.3 Å². The number of thioether (sulfide) groups is 1. The fourth-order valence-electron chi connectivity index (χ4n) is 2.30. The van der Waals surface area contributed by atoms with Gasteiger partial charge in [-0.25, -0.2) is 9.59 Å². The monoisotopic (exact) mass is 278 g/mol. The molecule has 1 aromatic carbocycles. The van der Waals surface area contributed by atoms with E-state index in [1.807, 2.05) is 0 Å². The van der Waals surface area contributed by atoms with Crippen molar-refractivity contribution in [3.05, 3.63) is 34.2 Å². The number of aromatic carboxylic acids is 1. The van der Waals surface area contributed by atoms with Crippen LogP contribution in [0.15, 0.2) is 23.0 Å². The number of nitrogens with one attached hydrogen (secondary N) is 1. The summed E-state index contributed by atoms with van der Waals surface area (Å²) in [5.41, 5.74) is 1.39. The van der Waals surface area contributed by atoms with Crippen LogP contribution >= 0.6 is 11.8 Å². The van der Waals surface area contributed by atoms with Gasteiger partial charge in [0.25, 0.3) is 0 Å². The lowest BCUT2D eigenvalue weighted by atomic mass is 10.2. The lowest BCUT2D eigenvalue weighted by Gasteiger charge is -2.12. The van der Waals surface area contributed by atoms with E-state index in [1.54, 1.807) is 28.5 Å². The smallest absolute Gasteiger partial charge is 0.335 e. The maximum absolute atomic E-state index is 12.0. The highest BCUT2D eigenvalue weighted by Crippen LogP contribution is 2.48. The molecule has 2 N–H and O–H groups in total. The molecule has 0 saturated heterocycles. The van der Waals surface area contributed by atoms with Crippen molar-refractivity contribution in [1.82, 2.24) is 9.55 Å². The summed E-state index contributed by atoms with van der Waals surface area (Å²) in [6.45, 7) is 0.635. The molecule has 1 aromatic heterocycles. The molecule has 1 heterocycles. The van der Waals surface area contributed by atoms with E-state index in [0.717, 1.165) is 12.8 Å². The van der Waals surface area contributed by atoms with Crippen LogP contribution in [-0.4, -0.2) is 31.6 Å². The number of H-pyrrole nitrogens is 1. The summed E-state index contributed by atoms with van der Waals surface area (Å²) >= 11 is 1.77. The van der Waals surface area contributed by atoms with Crippen LogP contribution < -0.4 is 5.69 Å². The number of carboxylic acid groups (broad SMARTS) is 1. The van der Waals surface area contributed by atoms with E-state index in [0.29, 0.717) is 17.6 Å². The molecule has 0 unspecified atom stereocenters. The molecule has 1 fully saturated rings. The van der Waals surface area contributed by atoms with Crippen LogP contribution in [0.5, 0.6) is 0 Å². The quantitative estimate of drug-likeness (QED) is 0.896. The second kappa shape index (κ2) is 4.16. The van der Waals surface area contributed by atoms with Gasteiger partial charge in [0.2, 0.25) is 0 Å². The Morgan fingerprint density at radius 2 is 2.26 bits per heavy atom. The van der Waals surface area contributed by atoms with E-state index >= 15 is 0 Å². The molecular weight excluding hydrogens is 264 g/mol. The molecule has 3 rings (SSSR count). The van der Waals surface area contributed by atoms with Gasteiger partial charge in [-0.3, -0.25) is 4.57 Å². The number of hydrogen-bond donors (Lipinski definition) is 2. The van der Waals surface area contributed by atoms with Crippen molar-refractivity contribution in [1.29, 1.82) is 0 Å². The number of benzene rings is 1. The number of aromatic nitrogens is 2. The Balaban J connectivity index is 2.11. The van der Waals surface area contributed by atoms with Gasteiger partial charge in [0.1, 0.15) is 0 Å². The van der Waals surface area contributed by atoms with Gasteiger partial charge in [-0.2, -0.15) is 11.8 Å². The Bertz CT molecular complexity index is 712. The standard InChI is InChI=1S/C13H14N2O3S/c1-19-13(4-5-13)7-15-10-6-8(11(16)17)2-3-9(10)14-12(15)18/h2-3,6H,4-5,7H2,1H3,(H,14,18)(H,16,17). The maximum Gasteiger partial charge on any atom is 0.335 e. The van der Waals surface area contributed by atoms with E-state index in [9.17, 15) is 9.59 Å². The minimum atomic E-state index is -0.979. The normalized spacial score (nSPS) is 16.7. The SMILES string of the molecule is CSC1(Cn2c(=O)[nH]c3ccc(C(=O)O)cc32)CC1. The third-order valence-corrected chi connectivity index (χ3v) is 5.11. The van der Waals surface area contributed by atoms with Crippen molar-refractivity contribution in [3.8, 4) is 0 Å². The molecule has 1 aliphatic carbocycles. The number of rotatable bonds is 4. The summed E-state index contributed by atoms with van der Waals surface area (Å²) in [5, 5.41) is 9.03. The second-order valence-electron chi connectivity index (χ2n) is 4.94. The Hall–Kier alpha value is -1.69. The lowest BCUT2D eigenvalue weighted by molar-refractivity contribution is 0.0697. The average Bonchev–Trinajstić information content (AvgIpc) is 3.10. The van der Waals surface area contributed by atoms with Gasteiger partial charge < -0.3 is 10.1 Å². The molecule has 19 heavy (non-hydrogen) atoms. The summed E-state index contributed by atoms with van der Waals surface area (Å²) in [5.74, 6) is -0.979. The van der Waals surface area contributed by atoms with Crippen LogP contribution in [-0.2, 0) is 6.54 Å². The van der Waals surface area contributed by atoms with Gasteiger partial charge >= 0.3 is 11.7 Å². The Morgan fingerprint density at radius 1 is 1.53 bits per heavy atom. The van der Waals surface area contributed by atoms with Crippen molar-refractivity contribution >= 4 is 28.8 Å². The van der Waals surface area contributed by atoms with Gasteiger partial charge in [0, 0.05) is 11.3 Å². The molecule has 6 heteroatoms. The Morgan fingerprint density at radius 3 is 2.84 bits per heavy atom. The zero-order valence-electron chi connectivity index (χ0n) is 10.5. The van der Waals surface area contributed by atoms with Gasteiger partial charge in [-0.1, -0.05) is 0 Å². The number of carboxylic acids is 1. The number of imidazole rings is 1. The van der Waals surface area contributed by atoms with Gasteiger partial charge in [0.15, 0.2) is 0 Å². The molecule has 2 aromatic rings. The van der Waals surface area contributed by atoms with Crippen LogP contribution in [0.2, 0.25) is 0 Å². The number of aromatic amines is 1. The predicted octanol–water partition coefficient (Wildman–Crippen LogP) is 1.92. The lowest BCUT2D eigenvalue weighted by Crippen LogP contribution is -2.23. The first kappa shape index (κ1) is 12.3. The molecule has 1 saturated carbocycles. The summed E-state index contributed by atoms with van der Waals surface area (Å²) in [6, 6.07) is 4.72. The number of fused-ring (bicyclic) bond motifs is 1. The van der Waals surface area contributed by atoms with Crippen LogP contribution in [0.1, 0.15) is 23.2 Å². The molecule has 0 atom stereocenters. The topological polar surface area (TPSA) is 75.1 Å². The molecule has 100 valence electrons. The molecule has 5 nitrogen and oxygen atoms in total. The van der Waals surface area contributed by atoms with E-state index < -0.39 is 5.97 Å². The first-order chi connectivity index (χ1) is 9.04. The maximum atomic E-state index is 12.0. The van der Waals surface area contributed by atoms with Crippen LogP contribution in [0.3, 0.4) is 0 Å². The fraction of sp³-hybridized carbons (Fsp3) is 0.385. The molecule has 0 bridgehead atoms. The Labute approximate surface area is 113 Å². The van der Waals surface area contributed by atoms with Crippen molar-refractivity contribution in [3.63, 3.8) is 0 Å². The van der Waals surface area contributed by atoms with Crippen molar-refractivity contribution in [2.45, 2.75) is 24.1 Å². The van der Waals surface area contributed by atoms with Crippen molar-refractivity contribution < 1.29 is 9.90 Å². The molecule has 0 aliphatic heterocycles. The highest BCUT2D eigenvalue weighted by Gasteiger charge is 2.42. The van der Waals surface area contributed by atoms with Crippen LogP contribution in [0, 0.1) is 0 Å². The van der Waals surface area contributed by atoms with E-state index in [4.69, 9.17) is 5.11 Å². The molecule has 0 radical (unpaired) electrons. The first-order valence-corrected chi connectivity index (χ1v) is 7.28. The average molecular weight is 278 g/mol. The van der Waals surface area contributed by atoms with Crippen LogP contribution in [0.4, 0.5) is 0 Å². The van der Waals surface area contributed by atoms with E-state index in [1.165, 1.54) is 6.07 Å². The summed E-state index contributed by atoms with van der Waals surface area (Å²) < 4.78 is 1.81. The van der Waals surface area contributed by atoms with Crippen molar-refractivity contribution in [2.24, 2.45) is 0 Å². The van der Waals surface area contributed by atoms with Crippen LogP contribution in [0.25, 0.3) is 11.0 Å². The highest BCUT2D eigenvalue weighted by atomic mass is 32.2. The molecule has 0 amide bonds. The van der Waals surface area contributed by atoms with Gasteiger partial charge in [0.05, 0.1) is 16.6 Å². The zero-order chi connectivity index (χ0) is 13.6. The Kier molecular flexibility index (Phi) is 2.70. The fourth-order valence-corrected chi connectivity index (χ4v) is 3.07. The third-order valence-electron chi connectivity index (χ3n) is 3.71. The minimum Gasteiger partial charge on any atom is -0.478 e. The molecular formula is C13H14N2O3S. The van der Waals surface area contributed by atoms with E-state index in [2.05, 4.69) is 11.2 Å². The summed E-state index contributed by atoms with van der Waals surface area (Å²) in [7, 11) is 0. The zero-order valence-corrected chi connectivity index (χ0v) is 11.3. The predicted molar refractivity (Wildman–Crippen MR) is 75.0 cm³/mol. The highest BCUT2D eigenvalue weighted by molar-refractivity contribution is 8.00. The summed E-state index contributed by atoms with van der Waals surface area (Å²) in [6.07, 6.45) is 4.26. The number of hydrogen-bond acceptors (Lipinski definition) is 3. The minimum absolute atomic E-state index is 0.151. The number of carbonyl (C=O) groups is 1. The largest absolute Gasteiger partial charge is 0.478 e. The molecule has 0 spiro atoms. The molecule has 1 aliphatic rings. The van der Waals surface area contributed by atoms with Gasteiger partial charge in [-0.15, -0.1) is 0 Å². The van der Waals surface area contributed by atoms with Crippen molar-refractivity contribution in [2.75, 3.05) is 6.26 Å². The third kappa shape index (κ3) is 2.06. The van der Waals surface area contributed by atoms with E-state index in [-0.39, 0.29) is 16.0 Å². The first-order valence-electron chi connectivity index (χ1n) is 6.06. The second-order valence-corrected chi connectivity index (χ2v) is 6.21.